The Morgan fingerprint density at radius 3 is 2.85 bits per heavy atom. The van der Waals surface area contributed by atoms with Crippen LogP contribution < -0.4 is 0 Å². The molecule has 3 nitrogen and oxygen atoms in total. The van der Waals surface area contributed by atoms with E-state index in [4.69, 9.17) is 0 Å². The maximum atomic E-state index is 13.2. The van der Waals surface area contributed by atoms with E-state index in [1.54, 1.807) is 6.08 Å². The first-order valence-corrected chi connectivity index (χ1v) is 4.14. The van der Waals surface area contributed by atoms with Crippen LogP contribution in [0.3, 0.4) is 0 Å². The second-order valence-corrected chi connectivity index (χ2v) is 2.99. The molecule has 1 fully saturated rings. The molecule has 1 aliphatic rings. The van der Waals surface area contributed by atoms with Crippen LogP contribution in [0.1, 0.15) is 19.3 Å². The highest BCUT2D eigenvalue weighted by molar-refractivity contribution is 5.94. The molecule has 2 unspecified atom stereocenters. The molecule has 0 amide bonds. The second kappa shape index (κ2) is 4.16. The van der Waals surface area contributed by atoms with E-state index in [2.05, 4.69) is 11.3 Å². The van der Waals surface area contributed by atoms with Crippen LogP contribution in [-0.2, 0) is 14.3 Å². The lowest BCUT2D eigenvalue weighted by molar-refractivity contribution is -0.153. The van der Waals surface area contributed by atoms with Gasteiger partial charge < -0.3 is 4.74 Å². The number of hydrogen-bond acceptors (Lipinski definition) is 3. The molecule has 1 saturated heterocycles. The van der Waals surface area contributed by atoms with Gasteiger partial charge in [-0.2, -0.15) is 0 Å². The Bertz CT molecular complexity index is 237. The molecule has 0 spiro atoms. The first-order valence-electron chi connectivity index (χ1n) is 4.14. The summed E-state index contributed by atoms with van der Waals surface area (Å²) >= 11 is 0. The van der Waals surface area contributed by atoms with E-state index in [-0.39, 0.29) is 12.8 Å². The van der Waals surface area contributed by atoms with Crippen molar-refractivity contribution in [1.82, 2.24) is 0 Å². The molecule has 1 rings (SSSR count). The van der Waals surface area contributed by atoms with Crippen molar-refractivity contribution in [2.24, 2.45) is 5.92 Å². The zero-order chi connectivity index (χ0) is 9.84. The number of rotatable bonds is 4. The SMILES string of the molecule is C=CCCC(F)C1CC(=O)OC1=O. The zero-order valence-corrected chi connectivity index (χ0v) is 7.16. The van der Waals surface area contributed by atoms with E-state index >= 15 is 0 Å². The number of carbonyl (C=O) groups is 2. The van der Waals surface area contributed by atoms with Crippen molar-refractivity contribution in [3.8, 4) is 0 Å². The molecular weight excluding hydrogens is 175 g/mol. The van der Waals surface area contributed by atoms with Crippen molar-refractivity contribution in [1.29, 1.82) is 0 Å². The fraction of sp³-hybridized carbons (Fsp3) is 0.556. The Morgan fingerprint density at radius 1 is 1.69 bits per heavy atom. The summed E-state index contributed by atoms with van der Waals surface area (Å²) in [5.74, 6) is -2.26. The maximum absolute atomic E-state index is 13.2. The lowest BCUT2D eigenvalue weighted by Crippen LogP contribution is -2.20. The van der Waals surface area contributed by atoms with E-state index in [1.807, 2.05) is 0 Å². The van der Waals surface area contributed by atoms with Crippen LogP contribution in [0, 0.1) is 5.92 Å². The van der Waals surface area contributed by atoms with Crippen LogP contribution >= 0.6 is 0 Å². The summed E-state index contributed by atoms with van der Waals surface area (Å²) in [5.41, 5.74) is 0. The van der Waals surface area contributed by atoms with Crippen molar-refractivity contribution < 1.29 is 18.7 Å². The molecule has 1 heterocycles. The van der Waals surface area contributed by atoms with Gasteiger partial charge in [-0.25, -0.2) is 4.39 Å². The van der Waals surface area contributed by atoms with Gasteiger partial charge in [-0.1, -0.05) is 6.08 Å². The van der Waals surface area contributed by atoms with Crippen LogP contribution in [0.25, 0.3) is 0 Å². The Labute approximate surface area is 75.6 Å². The summed E-state index contributed by atoms with van der Waals surface area (Å²) < 4.78 is 17.4. The summed E-state index contributed by atoms with van der Waals surface area (Å²) in [7, 11) is 0. The van der Waals surface area contributed by atoms with Crippen LogP contribution in [0.4, 0.5) is 4.39 Å². The van der Waals surface area contributed by atoms with Gasteiger partial charge in [0.05, 0.1) is 12.3 Å². The van der Waals surface area contributed by atoms with Gasteiger partial charge in [-0.05, 0) is 12.8 Å². The molecule has 1 aliphatic heterocycles. The van der Waals surface area contributed by atoms with E-state index in [0.717, 1.165) is 0 Å². The molecule has 13 heavy (non-hydrogen) atoms. The Balaban J connectivity index is 2.46. The lowest BCUT2D eigenvalue weighted by Gasteiger charge is -2.09. The minimum Gasteiger partial charge on any atom is -0.393 e. The largest absolute Gasteiger partial charge is 0.393 e. The number of alkyl halides is 1. The molecule has 2 atom stereocenters. The predicted octanol–water partition coefficient (Wildman–Crippen LogP) is 1.38. The average Bonchev–Trinajstić information content (AvgIpc) is 2.41. The predicted molar refractivity (Wildman–Crippen MR) is 43.5 cm³/mol. The third-order valence-corrected chi connectivity index (χ3v) is 1.99. The quantitative estimate of drug-likeness (QED) is 0.378. The first kappa shape index (κ1) is 9.89. The summed E-state index contributed by atoms with van der Waals surface area (Å²) in [4.78, 5) is 21.5. The number of carbonyl (C=O) groups excluding carboxylic acids is 2. The molecule has 0 aromatic carbocycles. The highest BCUT2D eigenvalue weighted by Crippen LogP contribution is 2.24. The molecule has 4 heteroatoms. The molecule has 0 bridgehead atoms. The summed E-state index contributed by atoms with van der Waals surface area (Å²) in [5, 5.41) is 0. The van der Waals surface area contributed by atoms with Gasteiger partial charge in [0.1, 0.15) is 6.17 Å². The Kier molecular flexibility index (Phi) is 3.17. The van der Waals surface area contributed by atoms with Gasteiger partial charge >= 0.3 is 11.9 Å². The van der Waals surface area contributed by atoms with Gasteiger partial charge in [0.25, 0.3) is 0 Å². The molecule has 0 aromatic heterocycles. The highest BCUT2D eigenvalue weighted by Gasteiger charge is 2.39. The van der Waals surface area contributed by atoms with E-state index in [9.17, 15) is 14.0 Å². The number of cyclic esters (lactones) is 2. The van der Waals surface area contributed by atoms with Gasteiger partial charge in [0.15, 0.2) is 0 Å². The minimum absolute atomic E-state index is 0.128. The third kappa shape index (κ3) is 2.37. The van der Waals surface area contributed by atoms with Crippen molar-refractivity contribution in [3.63, 3.8) is 0 Å². The third-order valence-electron chi connectivity index (χ3n) is 1.99. The first-order chi connectivity index (χ1) is 6.15. The number of halogens is 1. The second-order valence-electron chi connectivity index (χ2n) is 2.99. The zero-order valence-electron chi connectivity index (χ0n) is 7.16. The minimum atomic E-state index is -1.29. The number of ether oxygens (including phenoxy) is 1. The summed E-state index contributed by atoms with van der Waals surface area (Å²) in [6, 6.07) is 0. The standard InChI is InChI=1S/C9H11FO3/c1-2-3-4-7(10)6-5-8(11)13-9(6)12/h2,6-7H,1,3-5H2. The number of esters is 2. The smallest absolute Gasteiger partial charge is 0.320 e. The van der Waals surface area contributed by atoms with Crippen LogP contribution in [0.5, 0.6) is 0 Å². The van der Waals surface area contributed by atoms with Crippen molar-refractivity contribution in [3.05, 3.63) is 12.7 Å². The lowest BCUT2D eigenvalue weighted by atomic mass is 9.98. The van der Waals surface area contributed by atoms with Crippen LogP contribution in [0.15, 0.2) is 12.7 Å². The average molecular weight is 186 g/mol. The molecule has 72 valence electrons. The molecule has 0 radical (unpaired) electrons. The van der Waals surface area contributed by atoms with E-state index in [1.165, 1.54) is 0 Å². The van der Waals surface area contributed by atoms with Gasteiger partial charge in [-0.3, -0.25) is 9.59 Å². The van der Waals surface area contributed by atoms with Crippen LogP contribution in [0.2, 0.25) is 0 Å². The van der Waals surface area contributed by atoms with E-state index < -0.39 is 24.0 Å². The fourth-order valence-corrected chi connectivity index (χ4v) is 1.25. The highest BCUT2D eigenvalue weighted by atomic mass is 19.1. The summed E-state index contributed by atoms with van der Waals surface area (Å²) in [6.45, 7) is 3.44. The maximum Gasteiger partial charge on any atom is 0.320 e. The number of hydrogen-bond donors (Lipinski definition) is 0. The van der Waals surface area contributed by atoms with Crippen molar-refractivity contribution >= 4 is 11.9 Å². The molecule has 0 aliphatic carbocycles. The molecular formula is C9H11FO3. The topological polar surface area (TPSA) is 43.4 Å². The Hall–Kier alpha value is -1.19. The fourth-order valence-electron chi connectivity index (χ4n) is 1.25. The van der Waals surface area contributed by atoms with Crippen molar-refractivity contribution in [2.75, 3.05) is 0 Å². The Morgan fingerprint density at radius 2 is 2.38 bits per heavy atom. The van der Waals surface area contributed by atoms with Gasteiger partial charge in [-0.15, -0.1) is 6.58 Å². The van der Waals surface area contributed by atoms with E-state index in [0.29, 0.717) is 6.42 Å². The van der Waals surface area contributed by atoms with Gasteiger partial charge in [0, 0.05) is 0 Å². The van der Waals surface area contributed by atoms with Crippen molar-refractivity contribution in [2.45, 2.75) is 25.4 Å². The molecule has 0 N–H and O–H groups in total. The summed E-state index contributed by atoms with van der Waals surface area (Å²) in [6.07, 6.45) is 0.874. The molecule has 0 saturated carbocycles. The monoisotopic (exact) mass is 186 g/mol. The normalized spacial score (nSPS) is 24.2. The molecule has 0 aromatic rings. The number of allylic oxidation sites excluding steroid dienone is 1. The van der Waals surface area contributed by atoms with Gasteiger partial charge in [0.2, 0.25) is 0 Å². The van der Waals surface area contributed by atoms with Crippen LogP contribution in [-0.4, -0.2) is 18.1 Å².